The van der Waals surface area contributed by atoms with Crippen molar-refractivity contribution in [3.63, 3.8) is 0 Å². The zero-order valence-corrected chi connectivity index (χ0v) is 11.7. The second-order valence-corrected chi connectivity index (χ2v) is 5.13. The molecule has 2 aliphatic rings. The first-order valence-corrected chi connectivity index (χ1v) is 6.28. The van der Waals surface area contributed by atoms with Crippen LogP contribution in [0.3, 0.4) is 0 Å². The highest BCUT2D eigenvalue weighted by Gasteiger charge is 2.44. The topological polar surface area (TPSA) is 32.3 Å². The van der Waals surface area contributed by atoms with E-state index in [9.17, 15) is 22.4 Å². The van der Waals surface area contributed by atoms with Gasteiger partial charge in [-0.15, -0.1) is 12.4 Å². The number of benzene rings is 1. The van der Waals surface area contributed by atoms with Crippen LogP contribution in [0.1, 0.15) is 12.0 Å². The summed E-state index contributed by atoms with van der Waals surface area (Å²) in [6.07, 6.45) is -0.178. The highest BCUT2D eigenvalue weighted by atomic mass is 35.5. The Balaban J connectivity index is 0.00000161. The highest BCUT2D eigenvalue weighted by Crippen LogP contribution is 2.33. The molecule has 3 rings (SSSR count). The van der Waals surface area contributed by atoms with Gasteiger partial charge in [0, 0.05) is 19.0 Å². The molecule has 0 aliphatic carbocycles. The number of hydrogen-bond acceptors (Lipinski definition) is 2. The zero-order valence-electron chi connectivity index (χ0n) is 10.8. The van der Waals surface area contributed by atoms with Crippen molar-refractivity contribution in [1.29, 1.82) is 0 Å². The largest absolute Gasteiger partial charge is 0.310 e. The number of hydrogen-bond donors (Lipinski definition) is 1. The lowest BCUT2D eigenvalue weighted by Gasteiger charge is -2.21. The van der Waals surface area contributed by atoms with Gasteiger partial charge >= 0.3 is 0 Å². The van der Waals surface area contributed by atoms with E-state index in [0.29, 0.717) is 12.0 Å². The number of amides is 1. The van der Waals surface area contributed by atoms with Crippen LogP contribution in [0.5, 0.6) is 0 Å². The summed E-state index contributed by atoms with van der Waals surface area (Å²) in [6.45, 7) is -0.289. The van der Waals surface area contributed by atoms with Crippen LogP contribution in [0.15, 0.2) is 12.1 Å². The third-order valence-electron chi connectivity index (χ3n) is 3.69. The summed E-state index contributed by atoms with van der Waals surface area (Å²) in [6, 6.07) is 1.01. The van der Waals surface area contributed by atoms with Crippen molar-refractivity contribution in [3.8, 4) is 0 Å². The first kappa shape index (κ1) is 16.0. The maximum atomic E-state index is 13.3. The maximum Gasteiger partial charge on any atom is 0.262 e. The Bertz CT molecular complexity index is 582. The summed E-state index contributed by atoms with van der Waals surface area (Å²) >= 11 is 0. The van der Waals surface area contributed by atoms with E-state index in [1.165, 1.54) is 4.90 Å². The predicted octanol–water partition coefficient (Wildman–Crippen LogP) is 2.27. The second kappa shape index (κ2) is 5.46. The van der Waals surface area contributed by atoms with Gasteiger partial charge in [0.1, 0.15) is 0 Å². The monoisotopic (exact) mass is 324 g/mol. The Morgan fingerprint density at radius 1 is 1.29 bits per heavy atom. The van der Waals surface area contributed by atoms with Gasteiger partial charge in [-0.1, -0.05) is 0 Å². The molecular weight excluding hydrogens is 312 g/mol. The van der Waals surface area contributed by atoms with Gasteiger partial charge in [-0.25, -0.2) is 17.6 Å². The molecule has 1 N–H and O–H groups in total. The van der Waals surface area contributed by atoms with Gasteiger partial charge in [0.25, 0.3) is 5.92 Å². The Kier molecular flexibility index (Phi) is 4.17. The van der Waals surface area contributed by atoms with E-state index in [2.05, 4.69) is 5.32 Å². The van der Waals surface area contributed by atoms with E-state index in [4.69, 9.17) is 0 Å². The van der Waals surface area contributed by atoms with Gasteiger partial charge in [0.2, 0.25) is 5.91 Å². The van der Waals surface area contributed by atoms with E-state index >= 15 is 0 Å². The normalized spacial score (nSPS) is 22.9. The van der Waals surface area contributed by atoms with Crippen LogP contribution >= 0.6 is 12.4 Å². The first-order valence-electron chi connectivity index (χ1n) is 6.28. The van der Waals surface area contributed by atoms with Gasteiger partial charge in [-0.2, -0.15) is 0 Å². The van der Waals surface area contributed by atoms with E-state index < -0.39 is 42.5 Å². The van der Waals surface area contributed by atoms with Crippen molar-refractivity contribution < 1.29 is 22.4 Å². The number of alkyl halides is 2. The molecule has 1 fully saturated rings. The van der Waals surface area contributed by atoms with Crippen LogP contribution in [0.2, 0.25) is 0 Å². The van der Waals surface area contributed by atoms with Crippen LogP contribution in [-0.4, -0.2) is 31.0 Å². The number of anilines is 1. The standard InChI is InChI=1S/C13H12F4N2O.ClH/c14-8-3-7-1-2-19(11(7)4-9(8)15)12(20)10-5-13(16,17)6-18-10;/h3-4,10,18H,1-2,5-6H2;1H. The van der Waals surface area contributed by atoms with E-state index in [1.807, 2.05) is 0 Å². The van der Waals surface area contributed by atoms with E-state index in [0.717, 1.165) is 12.1 Å². The van der Waals surface area contributed by atoms with Crippen molar-refractivity contribution in [2.45, 2.75) is 24.8 Å². The molecule has 1 aromatic rings. The second-order valence-electron chi connectivity index (χ2n) is 5.13. The molecule has 1 unspecified atom stereocenters. The van der Waals surface area contributed by atoms with Crippen molar-refractivity contribution in [3.05, 3.63) is 29.3 Å². The van der Waals surface area contributed by atoms with Crippen molar-refractivity contribution in [2.75, 3.05) is 18.0 Å². The minimum absolute atomic E-state index is 0. The molecule has 0 bridgehead atoms. The summed E-state index contributed by atoms with van der Waals surface area (Å²) in [7, 11) is 0. The number of nitrogens with one attached hydrogen (secondary N) is 1. The quantitative estimate of drug-likeness (QED) is 0.804. The Labute approximate surface area is 124 Å². The van der Waals surface area contributed by atoms with Crippen LogP contribution in [0.4, 0.5) is 23.2 Å². The molecule has 0 spiro atoms. The lowest BCUT2D eigenvalue weighted by Crippen LogP contribution is -2.43. The molecule has 116 valence electrons. The molecule has 2 aliphatic heterocycles. The molecule has 3 nitrogen and oxygen atoms in total. The fourth-order valence-electron chi connectivity index (χ4n) is 2.69. The third kappa shape index (κ3) is 2.85. The molecule has 21 heavy (non-hydrogen) atoms. The van der Waals surface area contributed by atoms with Crippen LogP contribution < -0.4 is 10.2 Å². The minimum Gasteiger partial charge on any atom is -0.310 e. The number of carbonyl (C=O) groups excluding carboxylic acids is 1. The summed E-state index contributed by atoms with van der Waals surface area (Å²) < 4.78 is 52.6. The molecule has 0 radical (unpaired) electrons. The SMILES string of the molecule is Cl.O=C(C1CC(F)(F)CN1)N1CCc2cc(F)c(F)cc21. The Hall–Kier alpha value is -1.34. The fraction of sp³-hybridized carbons (Fsp3) is 0.462. The molecule has 1 saturated heterocycles. The average molecular weight is 325 g/mol. The molecule has 8 heteroatoms. The summed E-state index contributed by atoms with van der Waals surface area (Å²) in [5, 5.41) is 2.47. The first-order chi connectivity index (χ1) is 9.37. The summed E-state index contributed by atoms with van der Waals surface area (Å²) in [4.78, 5) is 13.5. The average Bonchev–Trinajstić information content (AvgIpc) is 2.93. The van der Waals surface area contributed by atoms with Crippen LogP contribution in [0, 0.1) is 11.6 Å². The molecule has 1 amide bonds. The van der Waals surface area contributed by atoms with Gasteiger partial charge in [0.05, 0.1) is 18.3 Å². The lowest BCUT2D eigenvalue weighted by atomic mass is 10.1. The van der Waals surface area contributed by atoms with Gasteiger partial charge in [-0.3, -0.25) is 10.1 Å². The molecular formula is C13H13ClF4N2O. The Morgan fingerprint density at radius 3 is 2.57 bits per heavy atom. The lowest BCUT2D eigenvalue weighted by molar-refractivity contribution is -0.120. The van der Waals surface area contributed by atoms with Gasteiger partial charge < -0.3 is 4.90 Å². The molecule has 0 aromatic heterocycles. The zero-order chi connectivity index (χ0) is 14.5. The van der Waals surface area contributed by atoms with Crippen LogP contribution in [0.25, 0.3) is 0 Å². The highest BCUT2D eigenvalue weighted by molar-refractivity contribution is 5.99. The van der Waals surface area contributed by atoms with Gasteiger partial charge in [-0.05, 0) is 18.1 Å². The summed E-state index contributed by atoms with van der Waals surface area (Å²) in [5.41, 5.74) is 0.785. The van der Waals surface area contributed by atoms with Crippen molar-refractivity contribution in [2.24, 2.45) is 0 Å². The molecule has 1 atom stereocenters. The van der Waals surface area contributed by atoms with Crippen LogP contribution in [-0.2, 0) is 11.2 Å². The fourth-order valence-corrected chi connectivity index (χ4v) is 2.69. The minimum atomic E-state index is -2.91. The number of rotatable bonds is 1. The van der Waals surface area contributed by atoms with Gasteiger partial charge in [0.15, 0.2) is 11.6 Å². The Morgan fingerprint density at radius 2 is 1.95 bits per heavy atom. The molecule has 0 saturated carbocycles. The van der Waals surface area contributed by atoms with E-state index in [-0.39, 0.29) is 24.6 Å². The number of halogens is 5. The number of carbonyl (C=O) groups is 1. The molecule has 2 heterocycles. The van der Waals surface area contributed by atoms with Crippen molar-refractivity contribution in [1.82, 2.24) is 5.32 Å². The number of fused-ring (bicyclic) bond motifs is 1. The molecule has 1 aromatic carbocycles. The third-order valence-corrected chi connectivity index (χ3v) is 3.69. The number of nitrogens with zero attached hydrogens (tertiary/aromatic N) is 1. The van der Waals surface area contributed by atoms with Crippen molar-refractivity contribution >= 4 is 24.0 Å². The van der Waals surface area contributed by atoms with E-state index in [1.54, 1.807) is 0 Å². The summed E-state index contributed by atoms with van der Waals surface area (Å²) in [5.74, 6) is -5.44. The predicted molar refractivity (Wildman–Crippen MR) is 71.0 cm³/mol. The smallest absolute Gasteiger partial charge is 0.262 e. The maximum absolute atomic E-state index is 13.3.